The number of nitrogens with one attached hydrogen (secondary N) is 1. The van der Waals surface area contributed by atoms with E-state index in [1.807, 2.05) is 4.90 Å². The van der Waals surface area contributed by atoms with Gasteiger partial charge in [-0.25, -0.2) is 9.78 Å². The Bertz CT molecular complexity index is 885. The van der Waals surface area contributed by atoms with Crippen LogP contribution in [0.25, 0.3) is 0 Å². The van der Waals surface area contributed by atoms with Crippen molar-refractivity contribution in [3.05, 3.63) is 22.4 Å². The number of pyridine rings is 1. The molecule has 31 heavy (non-hydrogen) atoms. The Kier molecular flexibility index (Phi) is 5.75. The molecule has 2 aliphatic carbocycles. The van der Waals surface area contributed by atoms with Crippen LogP contribution in [-0.2, 0) is 17.8 Å². The number of nitriles is 1. The quantitative estimate of drug-likeness (QED) is 0.805. The summed E-state index contributed by atoms with van der Waals surface area (Å²) in [5.41, 5.74) is 4.22. The van der Waals surface area contributed by atoms with Gasteiger partial charge in [-0.3, -0.25) is 0 Å². The highest BCUT2D eigenvalue weighted by molar-refractivity contribution is 5.75. The minimum Gasteiger partial charge on any atom is -0.376 e. The molecule has 0 spiro atoms. The van der Waals surface area contributed by atoms with Crippen LogP contribution >= 0.6 is 0 Å². The summed E-state index contributed by atoms with van der Waals surface area (Å²) < 4.78 is 5.79. The first-order chi connectivity index (χ1) is 15.2. The van der Waals surface area contributed by atoms with Gasteiger partial charge in [-0.1, -0.05) is 19.3 Å². The van der Waals surface area contributed by atoms with Crippen molar-refractivity contribution in [3.8, 4) is 6.07 Å². The van der Waals surface area contributed by atoms with Crippen LogP contribution in [0.5, 0.6) is 0 Å². The Morgan fingerprint density at radius 1 is 1.16 bits per heavy atom. The number of piperazine rings is 1. The van der Waals surface area contributed by atoms with Crippen molar-refractivity contribution in [1.29, 1.82) is 5.26 Å². The van der Waals surface area contributed by atoms with Crippen LogP contribution in [0, 0.1) is 11.3 Å². The van der Waals surface area contributed by atoms with Crippen LogP contribution in [-0.4, -0.2) is 54.2 Å². The molecule has 5 rings (SSSR count). The van der Waals surface area contributed by atoms with Gasteiger partial charge in [0.25, 0.3) is 0 Å². The largest absolute Gasteiger partial charge is 0.376 e. The van der Waals surface area contributed by atoms with E-state index in [9.17, 15) is 10.1 Å². The average Bonchev–Trinajstić information content (AvgIpc) is 3.62. The topological polar surface area (TPSA) is 81.5 Å². The molecule has 0 bridgehead atoms. The van der Waals surface area contributed by atoms with Gasteiger partial charge in [-0.2, -0.15) is 5.26 Å². The van der Waals surface area contributed by atoms with E-state index in [0.29, 0.717) is 44.8 Å². The van der Waals surface area contributed by atoms with Gasteiger partial charge in [-0.05, 0) is 44.6 Å². The molecule has 3 fully saturated rings. The monoisotopic (exact) mass is 423 g/mol. The smallest absolute Gasteiger partial charge is 0.317 e. The zero-order chi connectivity index (χ0) is 21.4. The fourth-order valence-electron chi connectivity index (χ4n) is 5.46. The van der Waals surface area contributed by atoms with E-state index in [2.05, 4.69) is 23.2 Å². The number of ether oxygens (including phenoxy) is 1. The van der Waals surface area contributed by atoms with Crippen molar-refractivity contribution in [1.82, 2.24) is 15.2 Å². The second-order valence-electron chi connectivity index (χ2n) is 9.61. The first-order valence-electron chi connectivity index (χ1n) is 12.0. The number of aromatic nitrogens is 1. The molecular weight excluding hydrogens is 390 g/mol. The van der Waals surface area contributed by atoms with Crippen LogP contribution in [0.1, 0.15) is 80.2 Å². The maximum absolute atomic E-state index is 12.6. The third kappa shape index (κ3) is 4.10. The van der Waals surface area contributed by atoms with Crippen molar-refractivity contribution < 1.29 is 9.53 Å². The lowest BCUT2D eigenvalue weighted by Crippen LogP contribution is -2.57. The molecule has 7 heteroatoms. The second kappa shape index (κ2) is 8.66. The molecule has 2 amide bonds. The van der Waals surface area contributed by atoms with Crippen molar-refractivity contribution in [2.24, 2.45) is 0 Å². The summed E-state index contributed by atoms with van der Waals surface area (Å²) in [5, 5.41) is 13.2. The molecule has 0 aromatic carbocycles. The van der Waals surface area contributed by atoms with Gasteiger partial charge in [0, 0.05) is 43.2 Å². The summed E-state index contributed by atoms with van der Waals surface area (Å²) in [6.45, 7) is 5.42. The van der Waals surface area contributed by atoms with Crippen molar-refractivity contribution in [2.45, 2.75) is 82.9 Å². The number of hydrogen-bond acceptors (Lipinski definition) is 5. The number of hydrogen-bond donors (Lipinski definition) is 1. The van der Waals surface area contributed by atoms with E-state index in [4.69, 9.17) is 9.72 Å². The molecule has 2 aliphatic heterocycles. The van der Waals surface area contributed by atoms with Crippen molar-refractivity contribution >= 4 is 11.8 Å². The van der Waals surface area contributed by atoms with Crippen LogP contribution in [0.4, 0.5) is 10.6 Å². The lowest BCUT2D eigenvalue weighted by atomic mass is 9.82. The summed E-state index contributed by atoms with van der Waals surface area (Å²) in [7, 11) is 0. The Labute approximate surface area is 184 Å². The van der Waals surface area contributed by atoms with E-state index in [0.717, 1.165) is 36.2 Å². The maximum Gasteiger partial charge on any atom is 0.317 e. The van der Waals surface area contributed by atoms with Gasteiger partial charge in [0.1, 0.15) is 11.9 Å². The number of nitrogens with zero attached hydrogens (tertiary/aromatic N) is 4. The number of amides is 2. The third-order valence-electron chi connectivity index (χ3n) is 7.36. The molecule has 1 aromatic heterocycles. The highest BCUT2D eigenvalue weighted by Gasteiger charge is 2.34. The second-order valence-corrected chi connectivity index (χ2v) is 9.61. The number of carbonyl (C=O) groups excluding carboxylic acids is 1. The summed E-state index contributed by atoms with van der Waals surface area (Å²) in [4.78, 5) is 21.9. The van der Waals surface area contributed by atoms with E-state index in [1.165, 1.54) is 43.4 Å². The fourth-order valence-corrected chi connectivity index (χ4v) is 5.46. The van der Waals surface area contributed by atoms with Gasteiger partial charge < -0.3 is 19.9 Å². The molecule has 3 heterocycles. The Balaban J connectivity index is 1.44. The fraction of sp³-hybridized carbons (Fsp3) is 0.708. The molecule has 166 valence electrons. The number of rotatable bonds is 3. The van der Waals surface area contributed by atoms with Gasteiger partial charge in [0.05, 0.1) is 24.5 Å². The standard InChI is InChI=1S/C24H33N5O2/c1-16-14-28(10-11-29(16)24(30)26-18-7-8-18)23-20(13-25)19-9-12-31-15-21(19)22(27-23)17-5-3-2-4-6-17/h16-18H,2-12,14-15H2,1H3,(H,26,30)/t16-/m1/s1. The Morgan fingerprint density at radius 3 is 2.68 bits per heavy atom. The summed E-state index contributed by atoms with van der Waals surface area (Å²) in [6.07, 6.45) is 9.14. The maximum atomic E-state index is 12.6. The summed E-state index contributed by atoms with van der Waals surface area (Å²) in [6, 6.07) is 2.98. The lowest BCUT2D eigenvalue weighted by molar-refractivity contribution is 0.109. The molecule has 0 unspecified atom stereocenters. The molecule has 1 saturated heterocycles. The molecular formula is C24H33N5O2. The van der Waals surface area contributed by atoms with Crippen molar-refractivity contribution in [3.63, 3.8) is 0 Å². The van der Waals surface area contributed by atoms with Gasteiger partial charge in [-0.15, -0.1) is 0 Å². The van der Waals surface area contributed by atoms with E-state index in [1.54, 1.807) is 0 Å². The lowest BCUT2D eigenvalue weighted by Gasteiger charge is -2.41. The van der Waals surface area contributed by atoms with E-state index in [-0.39, 0.29) is 12.1 Å². The zero-order valence-corrected chi connectivity index (χ0v) is 18.5. The highest BCUT2D eigenvalue weighted by atomic mass is 16.5. The van der Waals surface area contributed by atoms with Crippen LogP contribution in [0.3, 0.4) is 0 Å². The number of urea groups is 1. The Hall–Kier alpha value is -2.33. The van der Waals surface area contributed by atoms with Gasteiger partial charge >= 0.3 is 6.03 Å². The molecule has 1 aromatic rings. The van der Waals surface area contributed by atoms with Gasteiger partial charge in [0.2, 0.25) is 0 Å². The molecule has 4 aliphatic rings. The molecule has 2 saturated carbocycles. The number of carbonyl (C=O) groups is 1. The molecule has 1 atom stereocenters. The number of fused-ring (bicyclic) bond motifs is 1. The minimum atomic E-state index is 0.0496. The van der Waals surface area contributed by atoms with E-state index >= 15 is 0 Å². The summed E-state index contributed by atoms with van der Waals surface area (Å²) in [5.74, 6) is 1.30. The van der Waals surface area contributed by atoms with Crippen molar-refractivity contribution in [2.75, 3.05) is 31.1 Å². The highest BCUT2D eigenvalue weighted by Crippen LogP contribution is 2.39. The van der Waals surface area contributed by atoms with Crippen LogP contribution in [0.15, 0.2) is 0 Å². The zero-order valence-electron chi connectivity index (χ0n) is 18.5. The molecule has 7 nitrogen and oxygen atoms in total. The Morgan fingerprint density at radius 2 is 1.97 bits per heavy atom. The predicted molar refractivity (Wildman–Crippen MR) is 118 cm³/mol. The normalized spacial score (nSPS) is 24.5. The first-order valence-corrected chi connectivity index (χ1v) is 12.0. The minimum absolute atomic E-state index is 0.0496. The van der Waals surface area contributed by atoms with Gasteiger partial charge in [0.15, 0.2) is 0 Å². The number of anilines is 1. The first kappa shape index (κ1) is 20.6. The summed E-state index contributed by atoms with van der Waals surface area (Å²) >= 11 is 0. The predicted octanol–water partition coefficient (Wildman–Crippen LogP) is 3.46. The molecule has 0 radical (unpaired) electrons. The molecule has 1 N–H and O–H groups in total. The van der Waals surface area contributed by atoms with Crippen LogP contribution in [0.2, 0.25) is 0 Å². The third-order valence-corrected chi connectivity index (χ3v) is 7.36. The average molecular weight is 424 g/mol. The van der Waals surface area contributed by atoms with E-state index < -0.39 is 0 Å². The SMILES string of the molecule is C[C@@H]1CN(c2nc(C3CCCCC3)c3c(c2C#N)CCOC3)CCN1C(=O)NC1CC1. The van der Waals surface area contributed by atoms with Crippen LogP contribution < -0.4 is 10.2 Å².